The maximum absolute atomic E-state index is 12.2. The molecular formula is C15H11N3O5. The highest BCUT2D eigenvalue weighted by atomic mass is 16.6. The minimum atomic E-state index is -0.734. The van der Waals surface area contributed by atoms with Gasteiger partial charge in [0.2, 0.25) is 0 Å². The summed E-state index contributed by atoms with van der Waals surface area (Å²) in [6.45, 7) is 0. The molecule has 0 saturated carbocycles. The molecule has 2 aromatic rings. The number of nitro groups is 1. The molecule has 0 atom stereocenters. The quantitative estimate of drug-likeness (QED) is 0.392. The molecule has 1 amide bonds. The molecule has 1 N–H and O–H groups in total. The number of carbonyl (C=O) groups excluding carboxylic acids is 1. The van der Waals surface area contributed by atoms with Crippen molar-refractivity contribution >= 4 is 23.4 Å². The summed E-state index contributed by atoms with van der Waals surface area (Å²) >= 11 is 0. The first-order chi connectivity index (χ1) is 11.0. The van der Waals surface area contributed by atoms with Crippen LogP contribution in [-0.4, -0.2) is 17.9 Å². The van der Waals surface area contributed by atoms with E-state index in [2.05, 4.69) is 5.32 Å². The van der Waals surface area contributed by atoms with Crippen LogP contribution in [0.5, 0.6) is 5.75 Å². The van der Waals surface area contributed by atoms with Gasteiger partial charge in [-0.3, -0.25) is 14.9 Å². The molecule has 0 bridgehead atoms. The Kier molecular flexibility index (Phi) is 4.74. The van der Waals surface area contributed by atoms with Crippen molar-refractivity contribution in [2.24, 2.45) is 0 Å². The highest BCUT2D eigenvalue weighted by Crippen LogP contribution is 2.29. The zero-order valence-corrected chi connectivity index (χ0v) is 12.0. The number of anilines is 1. The third-order valence-corrected chi connectivity index (χ3v) is 2.84. The van der Waals surface area contributed by atoms with Gasteiger partial charge in [-0.15, -0.1) is 0 Å². The van der Waals surface area contributed by atoms with Crippen molar-refractivity contribution in [1.29, 1.82) is 5.26 Å². The smallest absolute Gasteiger partial charge is 0.271 e. The van der Waals surface area contributed by atoms with Crippen molar-refractivity contribution in [3.63, 3.8) is 0 Å². The fraction of sp³-hybridized carbons (Fsp3) is 0.0667. The van der Waals surface area contributed by atoms with Crippen LogP contribution >= 0.6 is 0 Å². The van der Waals surface area contributed by atoms with Gasteiger partial charge in [-0.1, -0.05) is 0 Å². The molecule has 23 heavy (non-hydrogen) atoms. The fourth-order valence-electron chi connectivity index (χ4n) is 1.76. The van der Waals surface area contributed by atoms with E-state index in [4.69, 9.17) is 14.4 Å². The van der Waals surface area contributed by atoms with E-state index in [1.807, 2.05) is 0 Å². The van der Waals surface area contributed by atoms with E-state index in [1.54, 1.807) is 18.2 Å². The van der Waals surface area contributed by atoms with E-state index in [1.165, 1.54) is 31.6 Å². The first-order valence-electron chi connectivity index (χ1n) is 6.34. The van der Waals surface area contributed by atoms with E-state index in [-0.39, 0.29) is 22.7 Å². The van der Waals surface area contributed by atoms with Gasteiger partial charge in [-0.25, -0.2) is 0 Å². The molecule has 1 aromatic heterocycles. The van der Waals surface area contributed by atoms with Crippen LogP contribution in [0.3, 0.4) is 0 Å². The van der Waals surface area contributed by atoms with Gasteiger partial charge in [0.05, 0.1) is 24.0 Å². The SMILES string of the molecule is COc1ccc([N+](=O)[O-])cc1NC(=O)/C(C#N)=C/c1ccco1. The molecule has 8 heteroatoms. The third kappa shape index (κ3) is 3.74. The number of ether oxygens (including phenoxy) is 1. The van der Waals surface area contributed by atoms with Crippen molar-refractivity contribution in [2.75, 3.05) is 12.4 Å². The Labute approximate surface area is 130 Å². The van der Waals surface area contributed by atoms with Crippen molar-refractivity contribution in [3.05, 3.63) is 58.0 Å². The average Bonchev–Trinajstić information content (AvgIpc) is 3.05. The second-order valence-electron chi connectivity index (χ2n) is 4.28. The van der Waals surface area contributed by atoms with E-state index in [9.17, 15) is 14.9 Å². The normalized spacial score (nSPS) is 10.7. The maximum Gasteiger partial charge on any atom is 0.271 e. The Hall–Kier alpha value is -3.60. The van der Waals surface area contributed by atoms with Crippen molar-refractivity contribution in [1.82, 2.24) is 0 Å². The number of methoxy groups -OCH3 is 1. The Morgan fingerprint density at radius 2 is 2.26 bits per heavy atom. The van der Waals surface area contributed by atoms with Gasteiger partial charge in [0.1, 0.15) is 23.2 Å². The second-order valence-corrected chi connectivity index (χ2v) is 4.28. The number of nitriles is 1. The van der Waals surface area contributed by atoms with Crippen LogP contribution < -0.4 is 10.1 Å². The van der Waals surface area contributed by atoms with E-state index >= 15 is 0 Å². The topological polar surface area (TPSA) is 118 Å². The number of hydrogen-bond acceptors (Lipinski definition) is 6. The summed E-state index contributed by atoms with van der Waals surface area (Å²) in [5, 5.41) is 22.3. The van der Waals surface area contributed by atoms with Crippen LogP contribution in [0.15, 0.2) is 46.6 Å². The molecule has 1 heterocycles. The van der Waals surface area contributed by atoms with Crippen molar-refractivity contribution in [3.8, 4) is 11.8 Å². The molecule has 0 saturated heterocycles. The van der Waals surface area contributed by atoms with Gasteiger partial charge in [0.15, 0.2) is 0 Å². The first kappa shape index (κ1) is 15.8. The van der Waals surface area contributed by atoms with E-state index in [0.29, 0.717) is 5.76 Å². The molecular weight excluding hydrogens is 302 g/mol. The van der Waals surface area contributed by atoms with Gasteiger partial charge in [0.25, 0.3) is 11.6 Å². The molecule has 8 nitrogen and oxygen atoms in total. The molecule has 0 spiro atoms. The summed E-state index contributed by atoms with van der Waals surface area (Å²) in [7, 11) is 1.36. The van der Waals surface area contributed by atoms with E-state index in [0.717, 1.165) is 6.07 Å². The van der Waals surface area contributed by atoms with Crippen LogP contribution in [0.4, 0.5) is 11.4 Å². The Morgan fingerprint density at radius 3 is 2.83 bits per heavy atom. The molecule has 0 aliphatic heterocycles. The summed E-state index contributed by atoms with van der Waals surface area (Å²) in [5.74, 6) is -0.162. The number of benzene rings is 1. The van der Waals surface area contributed by atoms with Gasteiger partial charge in [-0.05, 0) is 18.2 Å². The van der Waals surface area contributed by atoms with Crippen molar-refractivity contribution in [2.45, 2.75) is 0 Å². The highest BCUT2D eigenvalue weighted by molar-refractivity contribution is 6.10. The minimum absolute atomic E-state index is 0.0901. The maximum atomic E-state index is 12.2. The lowest BCUT2D eigenvalue weighted by Gasteiger charge is -2.09. The number of furan rings is 1. The zero-order chi connectivity index (χ0) is 16.8. The second kappa shape index (κ2) is 6.91. The number of amides is 1. The average molecular weight is 313 g/mol. The van der Waals surface area contributed by atoms with Crippen LogP contribution in [0.25, 0.3) is 6.08 Å². The Balaban J connectivity index is 2.30. The van der Waals surface area contributed by atoms with Gasteiger partial charge >= 0.3 is 0 Å². The van der Waals surface area contributed by atoms with E-state index < -0.39 is 10.8 Å². The first-order valence-corrected chi connectivity index (χ1v) is 6.34. The molecule has 0 radical (unpaired) electrons. The number of hydrogen-bond donors (Lipinski definition) is 1. The number of rotatable bonds is 5. The molecule has 0 fully saturated rings. The summed E-state index contributed by atoms with van der Waals surface area (Å²) in [6, 6.07) is 8.70. The predicted molar refractivity (Wildman–Crippen MR) is 80.6 cm³/mol. The monoisotopic (exact) mass is 313 g/mol. The standard InChI is InChI=1S/C15H11N3O5/c1-22-14-5-4-11(18(20)21)8-13(14)17-15(19)10(9-16)7-12-3-2-6-23-12/h2-8H,1H3,(H,17,19)/b10-7+. The number of nitro benzene ring substituents is 1. The lowest BCUT2D eigenvalue weighted by atomic mass is 10.2. The molecule has 0 aliphatic carbocycles. The lowest BCUT2D eigenvalue weighted by molar-refractivity contribution is -0.384. The summed E-state index contributed by atoms with van der Waals surface area (Å²) in [6.07, 6.45) is 2.67. The molecule has 2 rings (SSSR count). The summed E-state index contributed by atoms with van der Waals surface area (Å²) in [4.78, 5) is 22.4. The molecule has 1 aromatic carbocycles. The number of nitrogens with zero attached hydrogens (tertiary/aromatic N) is 2. The van der Waals surface area contributed by atoms with Gasteiger partial charge in [0, 0.05) is 18.2 Å². The number of non-ortho nitro benzene ring substituents is 1. The van der Waals surface area contributed by atoms with Crippen LogP contribution in [-0.2, 0) is 4.79 Å². The number of carbonyl (C=O) groups is 1. The fourth-order valence-corrected chi connectivity index (χ4v) is 1.76. The summed E-state index contributed by atoms with van der Waals surface area (Å²) in [5.41, 5.74) is -0.338. The predicted octanol–water partition coefficient (Wildman–Crippen LogP) is 2.74. The highest BCUT2D eigenvalue weighted by Gasteiger charge is 2.16. The van der Waals surface area contributed by atoms with Crippen molar-refractivity contribution < 1.29 is 18.9 Å². The Bertz CT molecular complexity index is 803. The third-order valence-electron chi connectivity index (χ3n) is 2.84. The lowest BCUT2D eigenvalue weighted by Crippen LogP contribution is -2.14. The number of nitrogens with one attached hydrogen (secondary N) is 1. The molecule has 0 aliphatic rings. The molecule has 0 unspecified atom stereocenters. The van der Waals surface area contributed by atoms with Crippen LogP contribution in [0, 0.1) is 21.4 Å². The van der Waals surface area contributed by atoms with Gasteiger partial charge in [-0.2, -0.15) is 5.26 Å². The van der Waals surface area contributed by atoms with Gasteiger partial charge < -0.3 is 14.5 Å². The minimum Gasteiger partial charge on any atom is -0.495 e. The van der Waals surface area contributed by atoms with Crippen LogP contribution in [0.1, 0.15) is 5.76 Å². The molecule has 116 valence electrons. The summed E-state index contributed by atoms with van der Waals surface area (Å²) < 4.78 is 10.1. The Morgan fingerprint density at radius 1 is 1.48 bits per heavy atom. The zero-order valence-electron chi connectivity index (χ0n) is 12.0. The largest absolute Gasteiger partial charge is 0.495 e. The van der Waals surface area contributed by atoms with Crippen LogP contribution in [0.2, 0.25) is 0 Å².